The van der Waals surface area contributed by atoms with E-state index < -0.39 is 0 Å². The summed E-state index contributed by atoms with van der Waals surface area (Å²) in [7, 11) is 1.98. The van der Waals surface area contributed by atoms with Crippen LogP contribution in [-0.4, -0.2) is 29.1 Å². The Morgan fingerprint density at radius 1 is 1.60 bits per heavy atom. The van der Waals surface area contributed by atoms with Crippen molar-refractivity contribution in [1.82, 2.24) is 10.4 Å². The van der Waals surface area contributed by atoms with Crippen LogP contribution in [0.4, 0.5) is 0 Å². The zero-order chi connectivity index (χ0) is 7.78. The summed E-state index contributed by atoms with van der Waals surface area (Å²) in [6.07, 6.45) is 2.03. The first-order valence-corrected chi connectivity index (χ1v) is 4.43. The molecule has 1 aliphatic heterocycles. The molecule has 3 nitrogen and oxygen atoms in total. The second-order valence-corrected chi connectivity index (χ2v) is 3.60. The molecule has 0 spiro atoms. The maximum atomic E-state index is 4.41. The molecule has 0 aromatic rings. The first-order chi connectivity index (χ1) is 4.55. The van der Waals surface area contributed by atoms with Gasteiger partial charge in [0.15, 0.2) is 5.17 Å². The maximum Gasteiger partial charge on any atom is 0.175 e. The van der Waals surface area contributed by atoms with Crippen LogP contribution in [0.25, 0.3) is 0 Å². The molecule has 0 atom stereocenters. The Balaban J connectivity index is 2.72. The average Bonchev–Trinajstić information content (AvgIpc) is 2.05. The van der Waals surface area contributed by atoms with Gasteiger partial charge in [0.1, 0.15) is 5.66 Å². The minimum Gasteiger partial charge on any atom is -0.288 e. The molecule has 0 aliphatic carbocycles. The fraction of sp³-hybridized carbons (Fsp3) is 0.833. The van der Waals surface area contributed by atoms with Gasteiger partial charge in [0, 0.05) is 7.05 Å². The average molecular weight is 159 g/mol. The van der Waals surface area contributed by atoms with Crippen LogP contribution in [0.1, 0.15) is 13.8 Å². The second kappa shape index (κ2) is 2.43. The normalized spacial score (nSPS) is 23.2. The number of hydrazine groups is 1. The summed E-state index contributed by atoms with van der Waals surface area (Å²) in [6.45, 7) is 4.10. The summed E-state index contributed by atoms with van der Waals surface area (Å²) in [4.78, 5) is 4.41. The number of rotatable bonds is 0. The highest BCUT2D eigenvalue weighted by molar-refractivity contribution is 8.13. The molecule has 0 saturated carbocycles. The maximum absolute atomic E-state index is 4.41. The van der Waals surface area contributed by atoms with Crippen molar-refractivity contribution in [2.45, 2.75) is 19.5 Å². The molecular weight excluding hydrogens is 146 g/mol. The fourth-order valence-electron chi connectivity index (χ4n) is 0.980. The fourth-order valence-corrected chi connectivity index (χ4v) is 1.62. The van der Waals surface area contributed by atoms with Gasteiger partial charge in [-0.1, -0.05) is 11.8 Å². The lowest BCUT2D eigenvalue weighted by Gasteiger charge is -2.18. The van der Waals surface area contributed by atoms with E-state index in [9.17, 15) is 0 Å². The van der Waals surface area contributed by atoms with Crippen molar-refractivity contribution < 1.29 is 0 Å². The molecule has 0 aromatic heterocycles. The van der Waals surface area contributed by atoms with Crippen LogP contribution in [0.15, 0.2) is 4.99 Å². The third-order valence-electron chi connectivity index (χ3n) is 1.29. The van der Waals surface area contributed by atoms with Crippen LogP contribution < -0.4 is 5.43 Å². The Kier molecular flexibility index (Phi) is 1.92. The Hall–Kier alpha value is -0.220. The summed E-state index contributed by atoms with van der Waals surface area (Å²) >= 11 is 1.66. The SMILES string of the molecule is CSC1=NC(C)(C)NN1C. The third kappa shape index (κ3) is 1.44. The number of hydrogen-bond acceptors (Lipinski definition) is 4. The predicted molar refractivity (Wildman–Crippen MR) is 45.9 cm³/mol. The standard InChI is InChI=1S/C6H13N3S/c1-6(2)7-5(10-4)9(3)8-6/h8H,1-4H3. The number of nitrogens with zero attached hydrogens (tertiary/aromatic N) is 2. The van der Waals surface area contributed by atoms with Crippen LogP contribution in [0.5, 0.6) is 0 Å². The highest BCUT2D eigenvalue weighted by atomic mass is 32.2. The number of amidine groups is 1. The molecule has 0 radical (unpaired) electrons. The molecule has 0 aromatic carbocycles. The van der Waals surface area contributed by atoms with Crippen LogP contribution in [-0.2, 0) is 0 Å². The molecule has 0 amide bonds. The van der Waals surface area contributed by atoms with E-state index >= 15 is 0 Å². The van der Waals surface area contributed by atoms with Gasteiger partial charge in [0.25, 0.3) is 0 Å². The summed E-state index contributed by atoms with van der Waals surface area (Å²) in [6, 6.07) is 0. The van der Waals surface area contributed by atoms with E-state index in [0.29, 0.717) is 0 Å². The van der Waals surface area contributed by atoms with E-state index in [4.69, 9.17) is 0 Å². The molecule has 0 fully saturated rings. The van der Waals surface area contributed by atoms with Gasteiger partial charge >= 0.3 is 0 Å². The van der Waals surface area contributed by atoms with E-state index in [2.05, 4.69) is 10.4 Å². The zero-order valence-corrected chi connectivity index (χ0v) is 7.62. The topological polar surface area (TPSA) is 27.6 Å². The quantitative estimate of drug-likeness (QED) is 0.569. The van der Waals surface area contributed by atoms with Gasteiger partial charge in [0.2, 0.25) is 0 Å². The van der Waals surface area contributed by atoms with Crippen molar-refractivity contribution in [3.05, 3.63) is 0 Å². The van der Waals surface area contributed by atoms with Crippen molar-refractivity contribution in [2.75, 3.05) is 13.3 Å². The minimum absolute atomic E-state index is 0.118. The molecule has 4 heteroatoms. The van der Waals surface area contributed by atoms with Gasteiger partial charge in [0.05, 0.1) is 0 Å². The molecule has 1 aliphatic rings. The molecule has 1 heterocycles. The molecule has 0 bridgehead atoms. The van der Waals surface area contributed by atoms with Crippen LogP contribution in [0.3, 0.4) is 0 Å². The van der Waals surface area contributed by atoms with Crippen LogP contribution in [0, 0.1) is 0 Å². The molecule has 10 heavy (non-hydrogen) atoms. The van der Waals surface area contributed by atoms with Crippen molar-refractivity contribution in [1.29, 1.82) is 0 Å². The van der Waals surface area contributed by atoms with E-state index in [-0.39, 0.29) is 5.66 Å². The Bertz CT molecular complexity index is 164. The van der Waals surface area contributed by atoms with E-state index in [1.54, 1.807) is 11.8 Å². The molecule has 1 rings (SSSR count). The Morgan fingerprint density at radius 2 is 2.20 bits per heavy atom. The lowest BCUT2D eigenvalue weighted by Crippen LogP contribution is -2.41. The molecule has 0 saturated heterocycles. The van der Waals surface area contributed by atoms with Gasteiger partial charge in [-0.25, -0.2) is 10.4 Å². The smallest absolute Gasteiger partial charge is 0.175 e. The van der Waals surface area contributed by atoms with Gasteiger partial charge < -0.3 is 0 Å². The van der Waals surface area contributed by atoms with Gasteiger partial charge in [-0.2, -0.15) is 0 Å². The summed E-state index contributed by atoms with van der Waals surface area (Å²) < 4.78 is 0. The number of thioether (sulfide) groups is 1. The summed E-state index contributed by atoms with van der Waals surface area (Å²) in [5.41, 5.74) is 3.08. The highest BCUT2D eigenvalue weighted by Crippen LogP contribution is 2.17. The van der Waals surface area contributed by atoms with Crippen LogP contribution in [0.2, 0.25) is 0 Å². The highest BCUT2D eigenvalue weighted by Gasteiger charge is 2.26. The van der Waals surface area contributed by atoms with Crippen molar-refractivity contribution in [2.24, 2.45) is 4.99 Å². The van der Waals surface area contributed by atoms with Gasteiger partial charge in [-0.3, -0.25) is 5.01 Å². The first-order valence-electron chi connectivity index (χ1n) is 3.20. The Labute approximate surface area is 65.9 Å². The number of aliphatic imine (C=N–C) groups is 1. The monoisotopic (exact) mass is 159 g/mol. The number of hydrogen-bond donors (Lipinski definition) is 1. The number of nitrogens with one attached hydrogen (secondary N) is 1. The lowest BCUT2D eigenvalue weighted by atomic mass is 10.3. The zero-order valence-electron chi connectivity index (χ0n) is 6.80. The third-order valence-corrected chi connectivity index (χ3v) is 2.02. The molecule has 0 unspecified atom stereocenters. The van der Waals surface area contributed by atoms with Gasteiger partial charge in [-0.05, 0) is 20.1 Å². The predicted octanol–water partition coefficient (Wildman–Crippen LogP) is 0.891. The van der Waals surface area contributed by atoms with E-state index in [1.165, 1.54) is 0 Å². The molecule has 58 valence electrons. The second-order valence-electron chi connectivity index (χ2n) is 2.83. The first kappa shape index (κ1) is 7.88. The molecule has 1 N–H and O–H groups in total. The summed E-state index contributed by atoms with van der Waals surface area (Å²) in [5.74, 6) is 0. The van der Waals surface area contributed by atoms with Crippen LogP contribution >= 0.6 is 11.8 Å². The minimum atomic E-state index is -0.118. The van der Waals surface area contributed by atoms with Crippen molar-refractivity contribution >= 4 is 16.9 Å². The summed E-state index contributed by atoms with van der Waals surface area (Å²) in [5, 5.41) is 3.00. The largest absolute Gasteiger partial charge is 0.288 e. The van der Waals surface area contributed by atoms with Crippen molar-refractivity contribution in [3.63, 3.8) is 0 Å². The van der Waals surface area contributed by atoms with Gasteiger partial charge in [-0.15, -0.1) is 0 Å². The lowest BCUT2D eigenvalue weighted by molar-refractivity contribution is 0.285. The molecular formula is C6H13N3S. The van der Waals surface area contributed by atoms with E-state index in [1.807, 2.05) is 32.2 Å². The van der Waals surface area contributed by atoms with E-state index in [0.717, 1.165) is 5.17 Å². The van der Waals surface area contributed by atoms with Crippen molar-refractivity contribution in [3.8, 4) is 0 Å². The Morgan fingerprint density at radius 3 is 2.40 bits per heavy atom.